The van der Waals surface area contributed by atoms with E-state index >= 15 is 0 Å². The normalized spacial score (nSPS) is 13.4. The Morgan fingerprint density at radius 1 is 1.25 bits per heavy atom. The van der Waals surface area contributed by atoms with Crippen LogP contribution in [0.15, 0.2) is 34.7 Å². The lowest BCUT2D eigenvalue weighted by Crippen LogP contribution is -2.38. The van der Waals surface area contributed by atoms with Gasteiger partial charge in [0.05, 0.1) is 19.6 Å². The lowest BCUT2D eigenvalue weighted by Gasteiger charge is -2.21. The molecule has 0 bridgehead atoms. The van der Waals surface area contributed by atoms with Crippen LogP contribution < -0.4 is 10.1 Å². The van der Waals surface area contributed by atoms with Gasteiger partial charge in [0, 0.05) is 0 Å². The highest BCUT2D eigenvalue weighted by Crippen LogP contribution is 2.22. The molecule has 0 aliphatic heterocycles. The second kappa shape index (κ2) is 7.53. The fourth-order valence-electron chi connectivity index (χ4n) is 2.29. The predicted molar refractivity (Wildman–Crippen MR) is 92.1 cm³/mol. The molecule has 0 spiro atoms. The van der Waals surface area contributed by atoms with Crippen LogP contribution in [0, 0.1) is 20.8 Å². The van der Waals surface area contributed by atoms with E-state index in [1.165, 1.54) is 0 Å². The molecular formula is C19H25NO4. The van der Waals surface area contributed by atoms with Gasteiger partial charge in [-0.25, -0.2) is 0 Å². The summed E-state index contributed by atoms with van der Waals surface area (Å²) in [6.45, 7) is 7.76. The second-order valence-electron chi connectivity index (χ2n) is 6.33. The van der Waals surface area contributed by atoms with E-state index < -0.39 is 5.60 Å². The number of nitrogens with one attached hydrogen (secondary N) is 1. The van der Waals surface area contributed by atoms with Crippen LogP contribution in [-0.2, 0) is 10.4 Å². The molecule has 2 rings (SSSR count). The van der Waals surface area contributed by atoms with Crippen molar-refractivity contribution in [1.29, 1.82) is 0 Å². The van der Waals surface area contributed by atoms with E-state index in [-0.39, 0.29) is 25.5 Å². The summed E-state index contributed by atoms with van der Waals surface area (Å²) in [5.41, 5.74) is 0.916. The number of ether oxygens (including phenoxy) is 1. The Hall–Kier alpha value is -2.27. The maximum absolute atomic E-state index is 11.9. The zero-order valence-corrected chi connectivity index (χ0v) is 14.7. The molecule has 2 N–H and O–H groups in total. The van der Waals surface area contributed by atoms with Crippen molar-refractivity contribution in [2.45, 2.75) is 39.7 Å². The fourth-order valence-corrected chi connectivity index (χ4v) is 2.29. The standard InChI is InChI=1S/C19H25NO4/c1-13-5-6-14(2)16(11-13)23-10-9-18(21)20-12-19(4,22)17-8-7-15(3)24-17/h5-8,11,22H,9-10,12H2,1-4H3,(H,20,21). The zero-order chi connectivity index (χ0) is 17.7. The van der Waals surface area contributed by atoms with Gasteiger partial charge >= 0.3 is 0 Å². The monoisotopic (exact) mass is 331 g/mol. The smallest absolute Gasteiger partial charge is 0.223 e. The molecule has 0 fully saturated rings. The number of carbonyl (C=O) groups is 1. The van der Waals surface area contributed by atoms with E-state index in [0.717, 1.165) is 22.6 Å². The Bertz CT molecular complexity index is 703. The molecule has 1 atom stereocenters. The third-order valence-corrected chi connectivity index (χ3v) is 3.83. The third-order valence-electron chi connectivity index (χ3n) is 3.83. The van der Waals surface area contributed by atoms with Crippen molar-refractivity contribution < 1.29 is 19.1 Å². The average molecular weight is 331 g/mol. The topological polar surface area (TPSA) is 71.7 Å². The maximum Gasteiger partial charge on any atom is 0.223 e. The second-order valence-corrected chi connectivity index (χ2v) is 6.33. The van der Waals surface area contributed by atoms with Crippen molar-refractivity contribution in [3.8, 4) is 5.75 Å². The number of hydrogen-bond acceptors (Lipinski definition) is 4. The molecule has 5 heteroatoms. The van der Waals surface area contributed by atoms with Gasteiger partial charge in [-0.1, -0.05) is 12.1 Å². The molecule has 2 aromatic rings. The zero-order valence-electron chi connectivity index (χ0n) is 14.7. The molecule has 1 amide bonds. The fraction of sp³-hybridized carbons (Fsp3) is 0.421. The van der Waals surface area contributed by atoms with Gasteiger partial charge in [-0.2, -0.15) is 0 Å². The largest absolute Gasteiger partial charge is 0.493 e. The van der Waals surface area contributed by atoms with Gasteiger partial charge in [-0.05, 0) is 57.0 Å². The summed E-state index contributed by atoms with van der Waals surface area (Å²) >= 11 is 0. The Kier molecular flexibility index (Phi) is 5.67. The molecule has 0 radical (unpaired) electrons. The maximum atomic E-state index is 11.9. The Balaban J connectivity index is 1.78. The highest BCUT2D eigenvalue weighted by molar-refractivity contribution is 5.76. The SMILES string of the molecule is Cc1ccc(C)c(OCCC(=O)NCC(C)(O)c2ccc(C)o2)c1. The third kappa shape index (κ3) is 4.86. The molecule has 0 aliphatic rings. The summed E-state index contributed by atoms with van der Waals surface area (Å²) in [6, 6.07) is 9.46. The van der Waals surface area contributed by atoms with Gasteiger partial charge < -0.3 is 19.6 Å². The summed E-state index contributed by atoms with van der Waals surface area (Å²) in [4.78, 5) is 11.9. The summed E-state index contributed by atoms with van der Waals surface area (Å²) in [5, 5.41) is 13.1. The van der Waals surface area contributed by atoms with Crippen LogP contribution in [0.25, 0.3) is 0 Å². The van der Waals surface area contributed by atoms with Crippen molar-refractivity contribution in [2.24, 2.45) is 0 Å². The number of carbonyl (C=O) groups excluding carboxylic acids is 1. The number of rotatable bonds is 7. The number of furan rings is 1. The Labute approximate surface area is 142 Å². The van der Waals surface area contributed by atoms with Crippen LogP contribution in [0.1, 0.15) is 36.0 Å². The number of benzene rings is 1. The van der Waals surface area contributed by atoms with E-state index in [1.54, 1.807) is 19.1 Å². The molecule has 1 unspecified atom stereocenters. The predicted octanol–water partition coefficient (Wildman–Crippen LogP) is 3.00. The minimum absolute atomic E-state index is 0.0856. The van der Waals surface area contributed by atoms with Crippen molar-refractivity contribution in [3.63, 3.8) is 0 Å². The molecule has 0 saturated heterocycles. The van der Waals surface area contributed by atoms with Crippen LogP contribution in [-0.4, -0.2) is 24.2 Å². The van der Waals surface area contributed by atoms with Gasteiger partial charge in [0.2, 0.25) is 5.91 Å². The minimum Gasteiger partial charge on any atom is -0.493 e. The van der Waals surface area contributed by atoms with Gasteiger partial charge in [0.25, 0.3) is 0 Å². The van der Waals surface area contributed by atoms with Crippen LogP contribution in [0.3, 0.4) is 0 Å². The van der Waals surface area contributed by atoms with Gasteiger partial charge in [0.15, 0.2) is 0 Å². The van der Waals surface area contributed by atoms with E-state index in [4.69, 9.17) is 9.15 Å². The number of hydrogen-bond donors (Lipinski definition) is 2. The molecule has 0 saturated carbocycles. The number of aliphatic hydroxyl groups is 1. The van der Waals surface area contributed by atoms with Crippen molar-refractivity contribution in [2.75, 3.05) is 13.2 Å². The molecule has 1 heterocycles. The molecular weight excluding hydrogens is 306 g/mol. The van der Waals surface area contributed by atoms with Crippen LogP contribution in [0.2, 0.25) is 0 Å². The lowest BCUT2D eigenvalue weighted by molar-refractivity contribution is -0.122. The van der Waals surface area contributed by atoms with Crippen molar-refractivity contribution in [3.05, 3.63) is 53.0 Å². The van der Waals surface area contributed by atoms with Crippen molar-refractivity contribution >= 4 is 5.91 Å². The molecule has 0 aliphatic carbocycles. The minimum atomic E-state index is -1.24. The quantitative estimate of drug-likeness (QED) is 0.818. The van der Waals surface area contributed by atoms with Crippen LogP contribution >= 0.6 is 0 Å². The number of aryl methyl sites for hydroxylation is 3. The highest BCUT2D eigenvalue weighted by Gasteiger charge is 2.27. The molecule has 1 aromatic heterocycles. The van der Waals surface area contributed by atoms with E-state index in [1.807, 2.05) is 39.0 Å². The summed E-state index contributed by atoms with van der Waals surface area (Å²) < 4.78 is 11.1. The van der Waals surface area contributed by atoms with Crippen LogP contribution in [0.5, 0.6) is 5.75 Å². The Morgan fingerprint density at radius 2 is 2.00 bits per heavy atom. The van der Waals surface area contributed by atoms with Crippen molar-refractivity contribution in [1.82, 2.24) is 5.32 Å². The molecule has 130 valence electrons. The first kappa shape index (κ1) is 18.1. The van der Waals surface area contributed by atoms with E-state index in [9.17, 15) is 9.90 Å². The molecule has 5 nitrogen and oxygen atoms in total. The Morgan fingerprint density at radius 3 is 2.67 bits per heavy atom. The average Bonchev–Trinajstić information content (AvgIpc) is 2.96. The summed E-state index contributed by atoms with van der Waals surface area (Å²) in [7, 11) is 0. The first-order valence-electron chi connectivity index (χ1n) is 8.04. The van der Waals surface area contributed by atoms with Gasteiger partial charge in [-0.15, -0.1) is 0 Å². The van der Waals surface area contributed by atoms with E-state index in [2.05, 4.69) is 5.32 Å². The summed E-state index contributed by atoms with van der Waals surface area (Å²) in [6.07, 6.45) is 0.223. The lowest BCUT2D eigenvalue weighted by atomic mass is 10.0. The van der Waals surface area contributed by atoms with E-state index in [0.29, 0.717) is 5.76 Å². The van der Waals surface area contributed by atoms with Crippen LogP contribution in [0.4, 0.5) is 0 Å². The first-order chi connectivity index (χ1) is 11.3. The first-order valence-corrected chi connectivity index (χ1v) is 8.04. The van der Waals surface area contributed by atoms with Gasteiger partial charge in [-0.3, -0.25) is 4.79 Å². The van der Waals surface area contributed by atoms with Gasteiger partial charge in [0.1, 0.15) is 22.9 Å². The molecule has 1 aromatic carbocycles. The highest BCUT2D eigenvalue weighted by atomic mass is 16.5. The molecule has 24 heavy (non-hydrogen) atoms. The summed E-state index contributed by atoms with van der Waals surface area (Å²) in [5.74, 6) is 1.77. The number of amides is 1.